The molecule has 0 fully saturated rings. The summed E-state index contributed by atoms with van der Waals surface area (Å²) in [4.78, 5) is 11.5. The first-order chi connectivity index (χ1) is 6.93. The maximum absolute atomic E-state index is 11.5. The molecule has 4 N–H and O–H groups in total. The van der Waals surface area contributed by atoms with E-state index in [-0.39, 0.29) is 11.6 Å². The van der Waals surface area contributed by atoms with Gasteiger partial charge in [-0.25, -0.2) is 4.79 Å². The van der Waals surface area contributed by atoms with Crippen LogP contribution in [-0.4, -0.2) is 24.7 Å². The van der Waals surface area contributed by atoms with Crippen molar-refractivity contribution in [3.8, 4) is 0 Å². The van der Waals surface area contributed by atoms with Gasteiger partial charge in [0.05, 0.1) is 5.54 Å². The van der Waals surface area contributed by atoms with Crippen LogP contribution >= 0.6 is 0 Å². The SMILES string of the molecule is CCCNC(=O)NC(C)(CN)CC(C)C. The summed E-state index contributed by atoms with van der Waals surface area (Å²) < 4.78 is 0. The Kier molecular flexibility index (Phi) is 6.32. The number of nitrogens with one attached hydrogen (secondary N) is 2. The lowest BCUT2D eigenvalue weighted by Gasteiger charge is -2.31. The lowest BCUT2D eigenvalue weighted by atomic mass is 9.91. The van der Waals surface area contributed by atoms with Crippen LogP contribution in [0.1, 0.15) is 40.5 Å². The van der Waals surface area contributed by atoms with E-state index in [1.54, 1.807) is 0 Å². The molecular weight excluding hydrogens is 190 g/mol. The molecular formula is C11H25N3O. The normalized spacial score (nSPS) is 14.8. The van der Waals surface area contributed by atoms with Crippen molar-refractivity contribution in [3.05, 3.63) is 0 Å². The van der Waals surface area contributed by atoms with Crippen LogP contribution in [-0.2, 0) is 0 Å². The molecule has 0 aromatic rings. The summed E-state index contributed by atoms with van der Waals surface area (Å²) in [5.41, 5.74) is 5.39. The van der Waals surface area contributed by atoms with Gasteiger partial charge in [0.15, 0.2) is 0 Å². The van der Waals surface area contributed by atoms with Gasteiger partial charge in [-0.05, 0) is 25.7 Å². The van der Waals surface area contributed by atoms with E-state index in [0.29, 0.717) is 19.0 Å². The molecule has 1 atom stereocenters. The molecule has 0 aliphatic heterocycles. The zero-order valence-corrected chi connectivity index (χ0v) is 10.4. The molecule has 0 spiro atoms. The smallest absolute Gasteiger partial charge is 0.315 e. The predicted molar refractivity (Wildman–Crippen MR) is 63.7 cm³/mol. The second-order valence-electron chi connectivity index (χ2n) is 4.74. The maximum Gasteiger partial charge on any atom is 0.315 e. The Morgan fingerprint density at radius 1 is 1.47 bits per heavy atom. The standard InChI is InChI=1S/C11H25N3O/c1-5-6-13-10(15)14-11(4,8-12)7-9(2)3/h9H,5-8,12H2,1-4H3,(H2,13,14,15). The average molecular weight is 215 g/mol. The number of hydrogen-bond acceptors (Lipinski definition) is 2. The molecule has 0 aliphatic carbocycles. The minimum Gasteiger partial charge on any atom is -0.338 e. The van der Waals surface area contributed by atoms with Crippen LogP contribution in [0.5, 0.6) is 0 Å². The van der Waals surface area contributed by atoms with E-state index in [4.69, 9.17) is 5.73 Å². The van der Waals surface area contributed by atoms with E-state index >= 15 is 0 Å². The summed E-state index contributed by atoms with van der Waals surface area (Å²) in [5, 5.41) is 5.72. The zero-order valence-electron chi connectivity index (χ0n) is 10.4. The molecule has 0 aromatic carbocycles. The highest BCUT2D eigenvalue weighted by Crippen LogP contribution is 2.14. The summed E-state index contributed by atoms with van der Waals surface area (Å²) in [6.07, 6.45) is 1.83. The molecule has 0 rings (SSSR count). The van der Waals surface area contributed by atoms with Crippen LogP contribution in [0.3, 0.4) is 0 Å². The minimum absolute atomic E-state index is 0.120. The third kappa shape index (κ3) is 6.33. The Bertz CT molecular complexity index is 194. The monoisotopic (exact) mass is 215 g/mol. The molecule has 15 heavy (non-hydrogen) atoms. The summed E-state index contributed by atoms with van der Waals surface area (Å²) in [7, 11) is 0. The van der Waals surface area contributed by atoms with Gasteiger partial charge in [0, 0.05) is 13.1 Å². The first kappa shape index (κ1) is 14.2. The lowest BCUT2D eigenvalue weighted by Crippen LogP contribution is -2.55. The molecule has 90 valence electrons. The highest BCUT2D eigenvalue weighted by atomic mass is 16.2. The fraction of sp³-hybridized carbons (Fsp3) is 0.909. The Labute approximate surface area is 93.0 Å². The van der Waals surface area contributed by atoms with Crippen LogP contribution in [0.25, 0.3) is 0 Å². The fourth-order valence-electron chi connectivity index (χ4n) is 1.64. The van der Waals surface area contributed by atoms with Crippen LogP contribution in [0, 0.1) is 5.92 Å². The van der Waals surface area contributed by atoms with Crippen LogP contribution in [0.2, 0.25) is 0 Å². The number of carbonyl (C=O) groups excluding carboxylic acids is 1. The second kappa shape index (κ2) is 6.67. The van der Waals surface area contributed by atoms with Crippen molar-refractivity contribution in [2.75, 3.05) is 13.1 Å². The third-order valence-electron chi connectivity index (χ3n) is 2.26. The van der Waals surface area contributed by atoms with Crippen molar-refractivity contribution in [2.24, 2.45) is 11.7 Å². The predicted octanol–water partition coefficient (Wildman–Crippen LogP) is 1.46. The lowest BCUT2D eigenvalue weighted by molar-refractivity contribution is 0.221. The molecule has 0 radical (unpaired) electrons. The largest absolute Gasteiger partial charge is 0.338 e. The molecule has 2 amide bonds. The number of carbonyl (C=O) groups is 1. The summed E-state index contributed by atoms with van der Waals surface area (Å²) in [5.74, 6) is 0.519. The van der Waals surface area contributed by atoms with Gasteiger partial charge in [-0.3, -0.25) is 0 Å². The number of urea groups is 1. The first-order valence-electron chi connectivity index (χ1n) is 5.69. The van der Waals surface area contributed by atoms with E-state index in [1.807, 2.05) is 13.8 Å². The molecule has 4 heteroatoms. The van der Waals surface area contributed by atoms with Gasteiger partial charge >= 0.3 is 6.03 Å². The molecule has 0 heterocycles. The number of rotatable bonds is 6. The first-order valence-corrected chi connectivity index (χ1v) is 5.69. The van der Waals surface area contributed by atoms with Crippen molar-refractivity contribution >= 4 is 6.03 Å². The Morgan fingerprint density at radius 2 is 2.07 bits per heavy atom. The van der Waals surface area contributed by atoms with Crippen molar-refractivity contribution < 1.29 is 4.79 Å². The van der Waals surface area contributed by atoms with Gasteiger partial charge in [-0.1, -0.05) is 20.8 Å². The molecule has 0 aromatic heterocycles. The molecule has 4 nitrogen and oxygen atoms in total. The van der Waals surface area contributed by atoms with E-state index in [1.165, 1.54) is 0 Å². The molecule has 0 bridgehead atoms. The fourth-order valence-corrected chi connectivity index (χ4v) is 1.64. The van der Waals surface area contributed by atoms with E-state index in [9.17, 15) is 4.79 Å². The second-order valence-corrected chi connectivity index (χ2v) is 4.74. The quantitative estimate of drug-likeness (QED) is 0.628. The summed E-state index contributed by atoms with van der Waals surface area (Å²) >= 11 is 0. The highest BCUT2D eigenvalue weighted by Gasteiger charge is 2.25. The van der Waals surface area contributed by atoms with E-state index in [0.717, 1.165) is 12.8 Å². The summed E-state index contributed by atoms with van der Waals surface area (Å²) in [6.45, 7) is 9.42. The van der Waals surface area contributed by atoms with Gasteiger partial charge in [-0.15, -0.1) is 0 Å². The molecule has 0 aliphatic rings. The Hall–Kier alpha value is -0.770. The molecule has 0 saturated heterocycles. The van der Waals surface area contributed by atoms with Gasteiger partial charge in [0.25, 0.3) is 0 Å². The van der Waals surface area contributed by atoms with Crippen molar-refractivity contribution in [2.45, 2.75) is 46.1 Å². The van der Waals surface area contributed by atoms with Gasteiger partial charge < -0.3 is 16.4 Å². The van der Waals surface area contributed by atoms with Gasteiger partial charge in [0.2, 0.25) is 0 Å². The third-order valence-corrected chi connectivity index (χ3v) is 2.26. The summed E-state index contributed by atoms with van der Waals surface area (Å²) in [6, 6.07) is -0.120. The number of nitrogens with two attached hydrogens (primary N) is 1. The topological polar surface area (TPSA) is 67.2 Å². The van der Waals surface area contributed by atoms with E-state index < -0.39 is 0 Å². The van der Waals surface area contributed by atoms with Crippen LogP contribution in [0.15, 0.2) is 0 Å². The highest BCUT2D eigenvalue weighted by molar-refractivity contribution is 5.74. The van der Waals surface area contributed by atoms with Crippen molar-refractivity contribution in [1.82, 2.24) is 10.6 Å². The number of amides is 2. The Balaban J connectivity index is 4.11. The van der Waals surface area contributed by atoms with Crippen molar-refractivity contribution in [1.29, 1.82) is 0 Å². The van der Waals surface area contributed by atoms with Gasteiger partial charge in [-0.2, -0.15) is 0 Å². The molecule has 1 unspecified atom stereocenters. The Morgan fingerprint density at radius 3 is 2.47 bits per heavy atom. The molecule has 0 saturated carbocycles. The average Bonchev–Trinajstić information content (AvgIpc) is 2.13. The maximum atomic E-state index is 11.5. The van der Waals surface area contributed by atoms with Crippen molar-refractivity contribution in [3.63, 3.8) is 0 Å². The minimum atomic E-state index is -0.300. The number of hydrogen-bond donors (Lipinski definition) is 3. The van der Waals surface area contributed by atoms with E-state index in [2.05, 4.69) is 24.5 Å². The van der Waals surface area contributed by atoms with Crippen LogP contribution in [0.4, 0.5) is 4.79 Å². The van der Waals surface area contributed by atoms with Crippen LogP contribution < -0.4 is 16.4 Å². The van der Waals surface area contributed by atoms with Gasteiger partial charge in [0.1, 0.15) is 0 Å². The zero-order chi connectivity index (χ0) is 11.9.